The van der Waals surface area contributed by atoms with Crippen LogP contribution in [0.5, 0.6) is 5.75 Å². The van der Waals surface area contributed by atoms with Gasteiger partial charge in [-0.3, -0.25) is 9.59 Å². The molecule has 4 rings (SSSR count). The predicted molar refractivity (Wildman–Crippen MR) is 126 cm³/mol. The van der Waals surface area contributed by atoms with Crippen LogP contribution in [0.4, 0.5) is 11.4 Å². The second kappa shape index (κ2) is 9.89. The van der Waals surface area contributed by atoms with Crippen molar-refractivity contribution in [1.29, 1.82) is 0 Å². The molecule has 0 spiro atoms. The predicted octanol–water partition coefficient (Wildman–Crippen LogP) is 4.63. The largest absolute Gasteiger partial charge is 0.497 e. The number of nitrogens with zero attached hydrogens (tertiary/aromatic N) is 1. The minimum atomic E-state index is -0.110. The molecular formula is C25H24N2O4S. The molecule has 6 nitrogen and oxygen atoms in total. The van der Waals surface area contributed by atoms with Crippen molar-refractivity contribution in [3.63, 3.8) is 0 Å². The number of hydrogen-bond acceptors (Lipinski definition) is 5. The van der Waals surface area contributed by atoms with Crippen LogP contribution in [0.3, 0.4) is 0 Å². The summed E-state index contributed by atoms with van der Waals surface area (Å²) in [6, 6.07) is 20.6. The van der Waals surface area contributed by atoms with Crippen molar-refractivity contribution in [1.82, 2.24) is 0 Å². The third kappa shape index (κ3) is 4.79. The third-order valence-corrected chi connectivity index (χ3v) is 6.28. The van der Waals surface area contributed by atoms with Crippen molar-refractivity contribution in [2.45, 2.75) is 16.2 Å². The molecule has 7 heteroatoms. The molecule has 1 N–H and O–H groups in total. The molecular weight excluding hydrogens is 424 g/mol. The SMILES string of the molecule is COCCN1C(=O)c2ccccc2Sc2cc(NC(=O)Cc3ccc(OC)cc3)ccc21. The minimum absolute atomic E-state index is 0.0554. The zero-order valence-electron chi connectivity index (χ0n) is 18.0. The number of ether oxygens (including phenoxy) is 2. The molecule has 0 aromatic heterocycles. The second-order valence-electron chi connectivity index (χ2n) is 7.30. The summed E-state index contributed by atoms with van der Waals surface area (Å²) in [4.78, 5) is 29.3. The third-order valence-electron chi connectivity index (χ3n) is 5.16. The van der Waals surface area contributed by atoms with Gasteiger partial charge in [0.05, 0.1) is 31.4 Å². The molecule has 32 heavy (non-hydrogen) atoms. The number of fused-ring (bicyclic) bond motifs is 2. The van der Waals surface area contributed by atoms with Crippen LogP contribution in [0, 0.1) is 0 Å². The second-order valence-corrected chi connectivity index (χ2v) is 8.39. The smallest absolute Gasteiger partial charge is 0.259 e. The molecule has 1 aliphatic heterocycles. The van der Waals surface area contributed by atoms with E-state index in [9.17, 15) is 9.59 Å². The lowest BCUT2D eigenvalue weighted by Gasteiger charge is -2.23. The first kappa shape index (κ1) is 21.9. The van der Waals surface area contributed by atoms with Crippen molar-refractivity contribution >= 4 is 35.0 Å². The molecule has 0 saturated carbocycles. The quantitative estimate of drug-likeness (QED) is 0.571. The number of carbonyl (C=O) groups excluding carboxylic acids is 2. The maximum atomic E-state index is 13.2. The van der Waals surface area contributed by atoms with Crippen LogP contribution in [0.25, 0.3) is 0 Å². The average Bonchev–Trinajstić information content (AvgIpc) is 2.92. The summed E-state index contributed by atoms with van der Waals surface area (Å²) in [6.07, 6.45) is 0.259. The van der Waals surface area contributed by atoms with Crippen molar-refractivity contribution in [3.05, 3.63) is 77.9 Å². The van der Waals surface area contributed by atoms with Gasteiger partial charge in [-0.15, -0.1) is 0 Å². The molecule has 0 radical (unpaired) electrons. The average molecular weight is 449 g/mol. The summed E-state index contributed by atoms with van der Waals surface area (Å²) in [7, 11) is 3.23. The molecule has 0 fully saturated rings. The Hall–Kier alpha value is -3.29. The van der Waals surface area contributed by atoms with E-state index >= 15 is 0 Å². The highest BCUT2D eigenvalue weighted by molar-refractivity contribution is 7.99. The summed E-state index contributed by atoms with van der Waals surface area (Å²) in [6.45, 7) is 0.874. The zero-order valence-corrected chi connectivity index (χ0v) is 18.8. The molecule has 0 atom stereocenters. The Bertz CT molecular complexity index is 1130. The Morgan fingerprint density at radius 3 is 2.53 bits per heavy atom. The van der Waals surface area contributed by atoms with E-state index in [4.69, 9.17) is 9.47 Å². The summed E-state index contributed by atoms with van der Waals surface area (Å²) in [5.74, 6) is 0.589. The Kier molecular flexibility index (Phi) is 6.78. The highest BCUT2D eigenvalue weighted by Gasteiger charge is 2.27. The van der Waals surface area contributed by atoms with Crippen molar-refractivity contribution in [2.24, 2.45) is 0 Å². The summed E-state index contributed by atoms with van der Waals surface area (Å²) >= 11 is 1.53. The highest BCUT2D eigenvalue weighted by Crippen LogP contribution is 2.42. The van der Waals surface area contributed by atoms with Crippen molar-refractivity contribution < 1.29 is 19.1 Å². The van der Waals surface area contributed by atoms with E-state index in [-0.39, 0.29) is 18.2 Å². The number of rotatable bonds is 7. The lowest BCUT2D eigenvalue weighted by molar-refractivity contribution is -0.115. The Morgan fingerprint density at radius 1 is 1.00 bits per heavy atom. The van der Waals surface area contributed by atoms with Crippen LogP contribution in [-0.2, 0) is 16.0 Å². The van der Waals surface area contributed by atoms with Crippen LogP contribution >= 0.6 is 11.8 Å². The summed E-state index contributed by atoms with van der Waals surface area (Å²) < 4.78 is 10.4. The van der Waals surface area contributed by atoms with Gasteiger partial charge in [0.1, 0.15) is 5.75 Å². The van der Waals surface area contributed by atoms with Gasteiger partial charge < -0.3 is 19.7 Å². The van der Waals surface area contributed by atoms with E-state index in [0.29, 0.717) is 24.4 Å². The standard InChI is InChI=1S/C25H24N2O4S/c1-30-14-13-27-21-12-9-18(26-24(28)15-17-7-10-19(31-2)11-8-17)16-23(21)32-22-6-4-3-5-20(22)25(27)29/h3-12,16H,13-15H2,1-2H3,(H,26,28). The molecule has 3 aromatic rings. The number of methoxy groups -OCH3 is 2. The summed E-state index contributed by atoms with van der Waals surface area (Å²) in [5, 5.41) is 2.97. The molecule has 0 unspecified atom stereocenters. The number of amides is 2. The first-order valence-electron chi connectivity index (χ1n) is 10.2. The van der Waals surface area contributed by atoms with Crippen molar-refractivity contribution in [3.8, 4) is 5.75 Å². The maximum Gasteiger partial charge on any atom is 0.259 e. The Morgan fingerprint density at radius 2 is 1.78 bits per heavy atom. The first-order chi connectivity index (χ1) is 15.6. The number of carbonyl (C=O) groups is 2. The van der Waals surface area contributed by atoms with Gasteiger partial charge in [0.15, 0.2) is 0 Å². The van der Waals surface area contributed by atoms with Crippen LogP contribution < -0.4 is 15.0 Å². The number of benzene rings is 3. The normalized spacial score (nSPS) is 12.6. The van der Waals surface area contributed by atoms with Gasteiger partial charge >= 0.3 is 0 Å². The highest BCUT2D eigenvalue weighted by atomic mass is 32.2. The molecule has 0 saturated heterocycles. The van der Waals surface area contributed by atoms with Gasteiger partial charge in [0.2, 0.25) is 5.91 Å². The van der Waals surface area contributed by atoms with Crippen LogP contribution in [0.1, 0.15) is 15.9 Å². The lowest BCUT2D eigenvalue weighted by atomic mass is 10.1. The van der Waals surface area contributed by atoms with E-state index in [1.165, 1.54) is 11.8 Å². The van der Waals surface area contributed by atoms with Crippen LogP contribution in [0.15, 0.2) is 76.5 Å². The van der Waals surface area contributed by atoms with E-state index in [1.54, 1.807) is 19.1 Å². The van der Waals surface area contributed by atoms with E-state index in [1.807, 2.05) is 66.7 Å². The van der Waals surface area contributed by atoms with Crippen molar-refractivity contribution in [2.75, 3.05) is 37.6 Å². The van der Waals surface area contributed by atoms with Gasteiger partial charge in [0, 0.05) is 29.1 Å². The van der Waals surface area contributed by atoms with E-state index in [2.05, 4.69) is 5.32 Å². The molecule has 3 aromatic carbocycles. The maximum absolute atomic E-state index is 13.2. The molecule has 164 valence electrons. The number of hydrogen-bond donors (Lipinski definition) is 1. The zero-order chi connectivity index (χ0) is 22.5. The van der Waals surface area contributed by atoms with Crippen LogP contribution in [-0.4, -0.2) is 39.2 Å². The fourth-order valence-electron chi connectivity index (χ4n) is 3.54. The number of anilines is 2. The molecule has 0 bridgehead atoms. The van der Waals surface area contributed by atoms with Gasteiger partial charge in [-0.1, -0.05) is 36.0 Å². The van der Waals surface area contributed by atoms with E-state index in [0.717, 1.165) is 26.8 Å². The molecule has 1 heterocycles. The van der Waals surface area contributed by atoms with Gasteiger partial charge in [-0.2, -0.15) is 0 Å². The van der Waals surface area contributed by atoms with Gasteiger partial charge in [-0.05, 0) is 48.0 Å². The van der Waals surface area contributed by atoms with Gasteiger partial charge in [0.25, 0.3) is 5.91 Å². The van der Waals surface area contributed by atoms with Gasteiger partial charge in [-0.25, -0.2) is 0 Å². The fourth-order valence-corrected chi connectivity index (χ4v) is 4.66. The molecule has 0 aliphatic carbocycles. The Labute approximate surface area is 191 Å². The lowest BCUT2D eigenvalue weighted by Crippen LogP contribution is -2.33. The monoisotopic (exact) mass is 448 g/mol. The number of nitrogens with one attached hydrogen (secondary N) is 1. The van der Waals surface area contributed by atoms with E-state index < -0.39 is 0 Å². The fraction of sp³-hybridized carbons (Fsp3) is 0.200. The first-order valence-corrected chi connectivity index (χ1v) is 11.0. The Balaban J connectivity index is 1.57. The molecule has 1 aliphatic rings. The minimum Gasteiger partial charge on any atom is -0.497 e. The van der Waals surface area contributed by atoms with Crippen LogP contribution in [0.2, 0.25) is 0 Å². The molecule has 2 amide bonds. The topological polar surface area (TPSA) is 67.9 Å². The summed E-state index contributed by atoms with van der Waals surface area (Å²) in [5.41, 5.74) is 3.06.